The zero-order valence-electron chi connectivity index (χ0n) is 23.9. The van der Waals surface area contributed by atoms with Crippen LogP contribution >= 0.6 is 0 Å². The third kappa shape index (κ3) is 5.68. The molecule has 3 aromatic carbocycles. The van der Waals surface area contributed by atoms with Crippen LogP contribution in [0.15, 0.2) is 60.7 Å². The zero-order valence-corrected chi connectivity index (χ0v) is 23.9. The van der Waals surface area contributed by atoms with Crippen LogP contribution in [0.25, 0.3) is 0 Å². The molecule has 0 unspecified atom stereocenters. The first-order valence-electron chi connectivity index (χ1n) is 14.5. The Morgan fingerprint density at radius 2 is 1.81 bits per heavy atom. The van der Waals surface area contributed by atoms with Gasteiger partial charge in [-0.05, 0) is 54.8 Å². The molecule has 9 nitrogen and oxygen atoms in total. The summed E-state index contributed by atoms with van der Waals surface area (Å²) in [5.41, 5.74) is 4.29. The summed E-state index contributed by atoms with van der Waals surface area (Å²) in [5.74, 6) is -0.729. The highest BCUT2D eigenvalue weighted by Crippen LogP contribution is 2.34. The molecule has 2 saturated heterocycles. The number of carbonyl (C=O) groups excluding carboxylic acids is 3. The quantitative estimate of drug-likeness (QED) is 0.422. The van der Waals surface area contributed by atoms with Gasteiger partial charge in [-0.1, -0.05) is 30.3 Å². The highest BCUT2D eigenvalue weighted by atomic mass is 19.1. The second kappa shape index (κ2) is 11.9. The maximum Gasteiger partial charge on any atom is 0.255 e. The number of amides is 3. The van der Waals surface area contributed by atoms with Gasteiger partial charge >= 0.3 is 0 Å². The van der Waals surface area contributed by atoms with Crippen molar-refractivity contribution in [2.45, 2.75) is 45.0 Å². The van der Waals surface area contributed by atoms with Crippen LogP contribution in [-0.2, 0) is 22.7 Å². The highest BCUT2D eigenvalue weighted by Gasteiger charge is 2.40. The topological polar surface area (TPSA) is 106 Å². The van der Waals surface area contributed by atoms with Gasteiger partial charge in [0.25, 0.3) is 5.91 Å². The second-order valence-electron chi connectivity index (χ2n) is 11.2. The number of fused-ring (bicyclic) bond motifs is 1. The van der Waals surface area contributed by atoms with E-state index < -0.39 is 11.9 Å². The van der Waals surface area contributed by atoms with E-state index in [0.29, 0.717) is 48.7 Å². The predicted octanol–water partition coefficient (Wildman–Crippen LogP) is 3.92. The molecule has 0 bridgehead atoms. The number of ether oxygens (including phenoxy) is 1. The summed E-state index contributed by atoms with van der Waals surface area (Å²) in [6, 6.07) is 19.7. The molecule has 10 heteroatoms. The summed E-state index contributed by atoms with van der Waals surface area (Å²) in [7, 11) is 0. The van der Waals surface area contributed by atoms with Gasteiger partial charge in [-0.3, -0.25) is 24.6 Å². The minimum absolute atomic E-state index is 0.185. The van der Waals surface area contributed by atoms with Gasteiger partial charge in [-0.25, -0.2) is 4.39 Å². The standard InChI is InChI=1S/C33H32FN5O4/c1-21(37-13-15-38(16-14-37)28-10-7-23(18-35)17-27(28)34)24-8-5-22(6-9-24)20-43-30-4-2-3-25-26(30)19-39(33(25)42)29-11-12-31(40)36-32(29)41/h2-10,17,21,29H,11-16,19-20H2,1H3,(H,36,40,41)/t21-,29-/m0/s1. The summed E-state index contributed by atoms with van der Waals surface area (Å²) in [6.07, 6.45) is 0.528. The molecule has 3 amide bonds. The summed E-state index contributed by atoms with van der Waals surface area (Å²) in [5, 5.41) is 11.3. The Kier molecular flexibility index (Phi) is 7.82. The number of hydrogen-bond donors (Lipinski definition) is 1. The molecule has 2 atom stereocenters. The van der Waals surface area contributed by atoms with E-state index in [1.54, 1.807) is 24.3 Å². The molecular formula is C33H32FN5O4. The van der Waals surface area contributed by atoms with Crippen LogP contribution in [0.2, 0.25) is 0 Å². The fraction of sp³-hybridized carbons (Fsp3) is 0.333. The predicted molar refractivity (Wildman–Crippen MR) is 157 cm³/mol. The Hall–Kier alpha value is -4.75. The van der Waals surface area contributed by atoms with Gasteiger partial charge in [-0.15, -0.1) is 0 Å². The molecule has 0 radical (unpaired) electrons. The van der Waals surface area contributed by atoms with E-state index in [1.165, 1.54) is 16.5 Å². The van der Waals surface area contributed by atoms with E-state index in [1.807, 2.05) is 29.2 Å². The number of piperidine rings is 1. The van der Waals surface area contributed by atoms with Crippen molar-refractivity contribution >= 4 is 23.4 Å². The van der Waals surface area contributed by atoms with Gasteiger partial charge in [0.2, 0.25) is 11.8 Å². The zero-order chi connectivity index (χ0) is 30.1. The van der Waals surface area contributed by atoms with Crippen molar-refractivity contribution in [3.8, 4) is 11.8 Å². The van der Waals surface area contributed by atoms with Gasteiger partial charge < -0.3 is 14.5 Å². The number of nitrogens with zero attached hydrogens (tertiary/aromatic N) is 4. The molecule has 3 aliphatic heterocycles. The molecule has 6 rings (SSSR count). The molecule has 0 aliphatic carbocycles. The molecule has 43 heavy (non-hydrogen) atoms. The van der Waals surface area contributed by atoms with Crippen molar-refractivity contribution in [3.63, 3.8) is 0 Å². The third-order valence-corrected chi connectivity index (χ3v) is 8.68. The number of carbonyl (C=O) groups is 3. The number of halogens is 1. The Balaban J connectivity index is 1.05. The van der Waals surface area contributed by atoms with E-state index in [0.717, 1.165) is 24.2 Å². The Bertz CT molecular complexity index is 1610. The van der Waals surface area contributed by atoms with E-state index in [9.17, 15) is 18.8 Å². The average Bonchev–Trinajstić information content (AvgIpc) is 3.36. The van der Waals surface area contributed by atoms with Crippen LogP contribution in [0.3, 0.4) is 0 Å². The minimum atomic E-state index is -0.667. The average molecular weight is 582 g/mol. The van der Waals surface area contributed by atoms with Crippen LogP contribution in [-0.4, -0.2) is 59.7 Å². The SMILES string of the molecule is C[C@@H](c1ccc(COc2cccc3c2CN([C@H]2CCC(=O)NC2=O)C3=O)cc1)N1CCN(c2ccc(C#N)cc2F)CC1. The van der Waals surface area contributed by atoms with Gasteiger partial charge in [0.05, 0.1) is 23.9 Å². The van der Waals surface area contributed by atoms with Crippen LogP contribution in [0, 0.1) is 17.1 Å². The first kappa shape index (κ1) is 28.4. The Morgan fingerprint density at radius 3 is 2.51 bits per heavy atom. The van der Waals surface area contributed by atoms with Crippen LogP contribution in [0.4, 0.5) is 10.1 Å². The molecular weight excluding hydrogens is 549 g/mol. The summed E-state index contributed by atoms with van der Waals surface area (Å²) < 4.78 is 20.7. The van der Waals surface area contributed by atoms with Crippen molar-refractivity contribution < 1.29 is 23.5 Å². The Labute approximate surface area is 249 Å². The normalized spacial score (nSPS) is 19.6. The van der Waals surface area contributed by atoms with Crippen LogP contribution in [0.1, 0.15) is 58.4 Å². The molecule has 3 heterocycles. The first-order valence-corrected chi connectivity index (χ1v) is 14.5. The van der Waals surface area contributed by atoms with Crippen molar-refractivity contribution in [2.75, 3.05) is 31.1 Å². The molecule has 0 saturated carbocycles. The Morgan fingerprint density at radius 1 is 1.05 bits per heavy atom. The van der Waals surface area contributed by atoms with Crippen molar-refractivity contribution in [1.29, 1.82) is 5.26 Å². The molecule has 0 aromatic heterocycles. The van der Waals surface area contributed by atoms with Crippen molar-refractivity contribution in [2.24, 2.45) is 0 Å². The number of rotatable bonds is 7. The van der Waals surface area contributed by atoms with E-state index in [-0.39, 0.29) is 36.6 Å². The number of anilines is 1. The summed E-state index contributed by atoms with van der Waals surface area (Å²) in [4.78, 5) is 42.9. The number of hydrogen-bond acceptors (Lipinski definition) is 7. The number of piperazine rings is 1. The number of imide groups is 1. The number of nitrogens with one attached hydrogen (secondary N) is 1. The molecule has 3 aromatic rings. The van der Waals surface area contributed by atoms with Crippen molar-refractivity contribution in [1.82, 2.24) is 15.1 Å². The van der Waals surface area contributed by atoms with Crippen molar-refractivity contribution in [3.05, 3.63) is 94.3 Å². The monoisotopic (exact) mass is 581 g/mol. The fourth-order valence-electron chi connectivity index (χ4n) is 6.14. The lowest BCUT2D eigenvalue weighted by atomic mass is 10.0. The van der Waals surface area contributed by atoms with Gasteiger partial charge in [0.1, 0.15) is 24.2 Å². The smallest absolute Gasteiger partial charge is 0.255 e. The second-order valence-corrected chi connectivity index (χ2v) is 11.2. The van der Waals surface area contributed by atoms with Crippen LogP contribution < -0.4 is 15.0 Å². The molecule has 3 aliphatic rings. The largest absolute Gasteiger partial charge is 0.489 e. The highest BCUT2D eigenvalue weighted by molar-refractivity contribution is 6.05. The maximum atomic E-state index is 14.5. The van der Waals surface area contributed by atoms with E-state index in [2.05, 4.69) is 29.3 Å². The van der Waals surface area contributed by atoms with Gasteiger partial charge in [0.15, 0.2) is 0 Å². The minimum Gasteiger partial charge on any atom is -0.489 e. The maximum absolute atomic E-state index is 14.5. The molecule has 0 spiro atoms. The van der Waals surface area contributed by atoms with E-state index >= 15 is 0 Å². The van der Waals surface area contributed by atoms with E-state index in [4.69, 9.17) is 10.00 Å². The number of nitriles is 1. The lowest BCUT2D eigenvalue weighted by Crippen LogP contribution is -2.52. The molecule has 220 valence electrons. The third-order valence-electron chi connectivity index (χ3n) is 8.68. The lowest BCUT2D eigenvalue weighted by molar-refractivity contribution is -0.136. The summed E-state index contributed by atoms with van der Waals surface area (Å²) >= 11 is 0. The van der Waals surface area contributed by atoms with Gasteiger partial charge in [0, 0.05) is 49.8 Å². The fourth-order valence-corrected chi connectivity index (χ4v) is 6.14. The lowest BCUT2D eigenvalue weighted by Gasteiger charge is -2.39. The number of benzene rings is 3. The van der Waals surface area contributed by atoms with Gasteiger partial charge in [-0.2, -0.15) is 5.26 Å². The van der Waals surface area contributed by atoms with Crippen LogP contribution in [0.5, 0.6) is 5.75 Å². The summed E-state index contributed by atoms with van der Waals surface area (Å²) in [6.45, 7) is 5.74. The molecule has 1 N–H and O–H groups in total. The first-order chi connectivity index (χ1) is 20.8. The molecule has 2 fully saturated rings.